The topological polar surface area (TPSA) is 60.5 Å². The monoisotopic (exact) mass is 514 g/mol. The highest BCUT2D eigenvalue weighted by molar-refractivity contribution is 5.78. The average Bonchev–Trinajstić information content (AvgIpc) is 3.56. The lowest BCUT2D eigenvalue weighted by molar-refractivity contribution is -0.170. The van der Waals surface area contributed by atoms with Gasteiger partial charge in [-0.25, -0.2) is 4.79 Å². The van der Waals surface area contributed by atoms with Gasteiger partial charge in [0, 0.05) is 6.54 Å². The van der Waals surface area contributed by atoms with Crippen molar-refractivity contribution >= 4 is 6.03 Å². The SMILES string of the molecule is CC1(C)OC[C@H]([C@H]2O[C@H]3[C@@H]([C@H]2OCc2ccccc2)N(Cc2ccccc2)C(=O)N3Cc2ccccc2)O1. The normalized spacial score (nSPS) is 28.2. The molecule has 6 rings (SSSR count). The molecule has 0 aromatic heterocycles. The minimum Gasteiger partial charge on any atom is -0.368 e. The van der Waals surface area contributed by atoms with Crippen LogP contribution in [-0.4, -0.2) is 58.8 Å². The molecule has 3 heterocycles. The van der Waals surface area contributed by atoms with Gasteiger partial charge in [-0.1, -0.05) is 91.0 Å². The Morgan fingerprint density at radius 3 is 1.92 bits per heavy atom. The lowest BCUT2D eigenvalue weighted by Gasteiger charge is -2.31. The first kappa shape index (κ1) is 25.1. The number of rotatable bonds is 8. The van der Waals surface area contributed by atoms with Crippen molar-refractivity contribution in [3.8, 4) is 0 Å². The van der Waals surface area contributed by atoms with Gasteiger partial charge in [0.05, 0.1) is 19.8 Å². The highest BCUT2D eigenvalue weighted by atomic mass is 16.8. The number of hydrogen-bond donors (Lipinski definition) is 0. The second-order valence-electron chi connectivity index (χ2n) is 10.6. The number of benzene rings is 3. The molecule has 5 atom stereocenters. The number of ether oxygens (including phenoxy) is 4. The molecule has 0 saturated carbocycles. The van der Waals surface area contributed by atoms with Gasteiger partial charge in [0.1, 0.15) is 24.4 Å². The van der Waals surface area contributed by atoms with E-state index in [0.29, 0.717) is 26.3 Å². The summed E-state index contributed by atoms with van der Waals surface area (Å²) in [6, 6.07) is 29.8. The molecular formula is C31H34N2O5. The molecule has 3 saturated heterocycles. The Balaban J connectivity index is 1.34. The molecule has 2 amide bonds. The molecule has 0 N–H and O–H groups in total. The van der Waals surface area contributed by atoms with E-state index in [4.69, 9.17) is 18.9 Å². The highest BCUT2D eigenvalue weighted by Gasteiger charge is 2.61. The number of amides is 2. The van der Waals surface area contributed by atoms with Crippen molar-refractivity contribution in [2.75, 3.05) is 6.61 Å². The van der Waals surface area contributed by atoms with E-state index in [1.54, 1.807) is 0 Å². The van der Waals surface area contributed by atoms with E-state index in [0.717, 1.165) is 16.7 Å². The van der Waals surface area contributed by atoms with Gasteiger partial charge in [0.25, 0.3) is 0 Å². The summed E-state index contributed by atoms with van der Waals surface area (Å²) in [5.41, 5.74) is 3.18. The zero-order valence-corrected chi connectivity index (χ0v) is 21.8. The maximum atomic E-state index is 13.9. The fourth-order valence-electron chi connectivity index (χ4n) is 5.69. The number of hydrogen-bond acceptors (Lipinski definition) is 5. The zero-order valence-electron chi connectivity index (χ0n) is 21.8. The van der Waals surface area contributed by atoms with Crippen LogP contribution in [0.2, 0.25) is 0 Å². The summed E-state index contributed by atoms with van der Waals surface area (Å²) < 4.78 is 25.5. The second kappa shape index (κ2) is 10.5. The molecule has 0 aliphatic carbocycles. The van der Waals surface area contributed by atoms with Crippen LogP contribution in [0.5, 0.6) is 0 Å². The van der Waals surface area contributed by atoms with E-state index >= 15 is 0 Å². The molecule has 3 fully saturated rings. The van der Waals surface area contributed by atoms with E-state index in [9.17, 15) is 4.79 Å². The smallest absolute Gasteiger partial charge is 0.323 e. The maximum Gasteiger partial charge on any atom is 0.323 e. The Bertz CT molecular complexity index is 1220. The minimum absolute atomic E-state index is 0.0524. The number of carbonyl (C=O) groups is 1. The Hall–Kier alpha value is -3.23. The van der Waals surface area contributed by atoms with Crippen LogP contribution in [0.15, 0.2) is 91.0 Å². The van der Waals surface area contributed by atoms with Gasteiger partial charge >= 0.3 is 6.03 Å². The Morgan fingerprint density at radius 1 is 0.816 bits per heavy atom. The molecule has 7 heteroatoms. The quantitative estimate of drug-likeness (QED) is 0.426. The largest absolute Gasteiger partial charge is 0.368 e. The third kappa shape index (κ3) is 5.07. The average molecular weight is 515 g/mol. The van der Waals surface area contributed by atoms with Crippen LogP contribution in [0, 0.1) is 0 Å². The van der Waals surface area contributed by atoms with Crippen LogP contribution in [0.3, 0.4) is 0 Å². The molecule has 3 aliphatic heterocycles. The predicted molar refractivity (Wildman–Crippen MR) is 142 cm³/mol. The first-order chi connectivity index (χ1) is 18.5. The van der Waals surface area contributed by atoms with Gasteiger partial charge in [0.2, 0.25) is 0 Å². The van der Waals surface area contributed by atoms with Crippen molar-refractivity contribution in [1.29, 1.82) is 0 Å². The minimum atomic E-state index is -0.695. The molecule has 3 aliphatic rings. The molecule has 0 radical (unpaired) electrons. The van der Waals surface area contributed by atoms with Crippen LogP contribution >= 0.6 is 0 Å². The van der Waals surface area contributed by atoms with Crippen LogP contribution in [0.4, 0.5) is 4.79 Å². The lowest BCUT2D eigenvalue weighted by atomic mass is 10.0. The van der Waals surface area contributed by atoms with Crippen LogP contribution < -0.4 is 0 Å². The van der Waals surface area contributed by atoms with E-state index in [-0.39, 0.29) is 24.3 Å². The molecule has 38 heavy (non-hydrogen) atoms. The lowest BCUT2D eigenvalue weighted by Crippen LogP contribution is -2.48. The maximum absolute atomic E-state index is 13.9. The van der Waals surface area contributed by atoms with Gasteiger partial charge in [-0.15, -0.1) is 0 Å². The van der Waals surface area contributed by atoms with Gasteiger partial charge < -0.3 is 23.8 Å². The molecule has 3 aromatic rings. The van der Waals surface area contributed by atoms with Crippen LogP contribution in [-0.2, 0) is 38.6 Å². The summed E-state index contributed by atoms with van der Waals surface area (Å²) in [5, 5.41) is 0. The van der Waals surface area contributed by atoms with Gasteiger partial charge in [-0.2, -0.15) is 0 Å². The van der Waals surface area contributed by atoms with Crippen molar-refractivity contribution in [3.05, 3.63) is 108 Å². The molecule has 7 nitrogen and oxygen atoms in total. The molecule has 0 unspecified atom stereocenters. The van der Waals surface area contributed by atoms with E-state index in [1.807, 2.05) is 115 Å². The van der Waals surface area contributed by atoms with E-state index in [1.165, 1.54) is 0 Å². The second-order valence-corrected chi connectivity index (χ2v) is 10.6. The molecule has 0 bridgehead atoms. The predicted octanol–water partition coefficient (Wildman–Crippen LogP) is 4.95. The fourth-order valence-corrected chi connectivity index (χ4v) is 5.69. The van der Waals surface area contributed by atoms with Crippen LogP contribution in [0.1, 0.15) is 30.5 Å². The van der Waals surface area contributed by atoms with Crippen LogP contribution in [0.25, 0.3) is 0 Å². The first-order valence-corrected chi connectivity index (χ1v) is 13.3. The summed E-state index contributed by atoms with van der Waals surface area (Å²) in [6.07, 6.45) is -1.55. The number of nitrogens with zero attached hydrogens (tertiary/aromatic N) is 2. The number of urea groups is 1. The van der Waals surface area contributed by atoms with Crippen molar-refractivity contribution in [3.63, 3.8) is 0 Å². The third-order valence-electron chi connectivity index (χ3n) is 7.48. The van der Waals surface area contributed by atoms with Crippen molar-refractivity contribution in [2.45, 2.75) is 69.9 Å². The summed E-state index contributed by atoms with van der Waals surface area (Å²) in [7, 11) is 0. The van der Waals surface area contributed by atoms with E-state index in [2.05, 4.69) is 0 Å². The zero-order chi connectivity index (χ0) is 26.1. The fraction of sp³-hybridized carbons (Fsp3) is 0.387. The Kier molecular flexibility index (Phi) is 6.93. The van der Waals surface area contributed by atoms with Gasteiger partial charge in [0.15, 0.2) is 12.0 Å². The Morgan fingerprint density at radius 2 is 1.37 bits per heavy atom. The molecule has 3 aromatic carbocycles. The molecular weight excluding hydrogens is 480 g/mol. The van der Waals surface area contributed by atoms with Gasteiger partial charge in [-0.3, -0.25) is 4.90 Å². The summed E-state index contributed by atoms with van der Waals surface area (Å²) in [6.45, 7) is 5.58. The summed E-state index contributed by atoms with van der Waals surface area (Å²) in [5.74, 6) is -0.695. The number of fused-ring (bicyclic) bond motifs is 1. The summed E-state index contributed by atoms with van der Waals surface area (Å²) in [4.78, 5) is 17.7. The Labute approximate surface area is 223 Å². The van der Waals surface area contributed by atoms with Crippen molar-refractivity contribution in [1.82, 2.24) is 9.80 Å². The van der Waals surface area contributed by atoms with E-state index < -0.39 is 18.1 Å². The number of carbonyl (C=O) groups excluding carboxylic acids is 1. The van der Waals surface area contributed by atoms with Gasteiger partial charge in [-0.05, 0) is 30.5 Å². The van der Waals surface area contributed by atoms with Crippen molar-refractivity contribution < 1.29 is 23.7 Å². The van der Waals surface area contributed by atoms with Crippen molar-refractivity contribution in [2.24, 2.45) is 0 Å². The first-order valence-electron chi connectivity index (χ1n) is 13.3. The highest BCUT2D eigenvalue weighted by Crippen LogP contribution is 2.42. The summed E-state index contributed by atoms with van der Waals surface area (Å²) >= 11 is 0. The standard InChI is InChI=1S/C31H34N2O5/c1-31(2)36-21-25(38-31)27-28(35-20-24-16-10-5-11-17-24)26-29(37-27)33(19-23-14-8-4-9-15-23)30(34)32(26)18-22-12-6-3-7-13-22/h3-17,25-29H,18-21H2,1-2H3/t25-,26-,27-,28-,29+/m1/s1. The third-order valence-corrected chi connectivity index (χ3v) is 7.48. The molecule has 198 valence electrons. The molecule has 0 spiro atoms.